The van der Waals surface area contributed by atoms with E-state index in [9.17, 15) is 4.79 Å². The number of carbonyl (C=O) groups excluding carboxylic acids is 1. The van der Waals surface area contributed by atoms with E-state index in [0.29, 0.717) is 6.54 Å². The van der Waals surface area contributed by atoms with Crippen molar-refractivity contribution in [1.82, 2.24) is 5.32 Å². The summed E-state index contributed by atoms with van der Waals surface area (Å²) in [7, 11) is 0. The number of carbonyl (C=O) groups is 1. The summed E-state index contributed by atoms with van der Waals surface area (Å²) in [6, 6.07) is 8.53. The van der Waals surface area contributed by atoms with E-state index in [1.165, 1.54) is 11.1 Å². The number of halogens is 1. The molecule has 1 aromatic carbocycles. The molecule has 18 heavy (non-hydrogen) atoms. The highest BCUT2D eigenvalue weighted by molar-refractivity contribution is 5.88. The van der Waals surface area contributed by atoms with Crippen LogP contribution in [0.4, 0.5) is 0 Å². The molecular weight excluding hydrogens is 248 g/mol. The number of nitrogens with two attached hydrogens (primary N) is 1. The first-order chi connectivity index (χ1) is 8.14. The fraction of sp³-hybridized carbons (Fsp3) is 0.500. The van der Waals surface area contributed by atoms with Crippen LogP contribution in [0.2, 0.25) is 0 Å². The molecule has 4 heteroatoms. The Morgan fingerprint density at radius 2 is 1.83 bits per heavy atom. The van der Waals surface area contributed by atoms with Gasteiger partial charge in [0.15, 0.2) is 0 Å². The van der Waals surface area contributed by atoms with Crippen LogP contribution >= 0.6 is 12.4 Å². The monoisotopic (exact) mass is 268 g/mol. The fourth-order valence-electron chi connectivity index (χ4n) is 1.80. The maximum Gasteiger partial charge on any atom is 0.240 e. The van der Waals surface area contributed by atoms with Gasteiger partial charge < -0.3 is 11.1 Å². The van der Waals surface area contributed by atoms with E-state index in [0.717, 1.165) is 25.7 Å². The molecule has 0 heterocycles. The van der Waals surface area contributed by atoms with Crippen LogP contribution in [0.3, 0.4) is 0 Å². The van der Waals surface area contributed by atoms with Crippen LogP contribution in [-0.4, -0.2) is 18.0 Å². The average Bonchev–Trinajstić information content (AvgIpc) is 3.09. The largest absolute Gasteiger partial charge is 0.354 e. The molecule has 0 spiro atoms. The molecule has 3 nitrogen and oxygen atoms in total. The lowest BCUT2D eigenvalue weighted by atomic mass is 10.1. The minimum Gasteiger partial charge on any atom is -0.354 e. The first-order valence-corrected chi connectivity index (χ1v) is 6.29. The van der Waals surface area contributed by atoms with Crippen LogP contribution in [0, 0.1) is 0 Å². The lowest BCUT2D eigenvalue weighted by Crippen LogP contribution is -2.43. The maximum absolute atomic E-state index is 11.6. The van der Waals surface area contributed by atoms with Crippen molar-refractivity contribution in [2.75, 3.05) is 6.54 Å². The predicted molar refractivity (Wildman–Crippen MR) is 75.9 cm³/mol. The van der Waals surface area contributed by atoms with Crippen LogP contribution in [0.25, 0.3) is 0 Å². The number of rotatable bonds is 5. The molecule has 0 radical (unpaired) electrons. The number of hydrogen-bond acceptors (Lipinski definition) is 2. The van der Waals surface area contributed by atoms with Gasteiger partial charge in [-0.1, -0.05) is 31.2 Å². The molecule has 2 rings (SSSR count). The molecule has 0 unspecified atom stereocenters. The summed E-state index contributed by atoms with van der Waals surface area (Å²) in [5.74, 6) is 0.00248. The molecule has 0 bridgehead atoms. The summed E-state index contributed by atoms with van der Waals surface area (Å²) in [5.41, 5.74) is 7.84. The van der Waals surface area contributed by atoms with E-state index < -0.39 is 5.54 Å². The molecule has 0 saturated heterocycles. The Labute approximate surface area is 115 Å². The van der Waals surface area contributed by atoms with Crippen LogP contribution in [-0.2, 0) is 17.6 Å². The quantitative estimate of drug-likeness (QED) is 0.856. The molecule has 0 atom stereocenters. The molecule has 0 aliphatic heterocycles. The normalized spacial score (nSPS) is 15.7. The molecule has 1 aliphatic rings. The number of amides is 1. The molecule has 1 saturated carbocycles. The van der Waals surface area contributed by atoms with E-state index >= 15 is 0 Å². The Morgan fingerprint density at radius 1 is 1.28 bits per heavy atom. The van der Waals surface area contributed by atoms with Gasteiger partial charge in [0, 0.05) is 6.54 Å². The highest BCUT2D eigenvalue weighted by Crippen LogP contribution is 2.31. The van der Waals surface area contributed by atoms with Crippen molar-refractivity contribution in [2.45, 2.75) is 38.1 Å². The standard InChI is InChI=1S/C14H20N2O.ClH/c1-2-11-3-5-12(6-4-11)7-10-16-13(17)14(15)8-9-14;/h3-6H,2,7-10,15H2,1H3,(H,16,17);1H. The van der Waals surface area contributed by atoms with Gasteiger partial charge in [0.25, 0.3) is 0 Å². The van der Waals surface area contributed by atoms with Crippen molar-refractivity contribution >= 4 is 18.3 Å². The van der Waals surface area contributed by atoms with Gasteiger partial charge in [-0.25, -0.2) is 0 Å². The van der Waals surface area contributed by atoms with E-state index in [1.54, 1.807) is 0 Å². The third-order valence-electron chi connectivity index (χ3n) is 3.37. The predicted octanol–water partition coefficient (Wildman–Crippen LogP) is 1.82. The Morgan fingerprint density at radius 3 is 2.33 bits per heavy atom. The zero-order valence-corrected chi connectivity index (χ0v) is 11.6. The summed E-state index contributed by atoms with van der Waals surface area (Å²) < 4.78 is 0. The smallest absolute Gasteiger partial charge is 0.240 e. The summed E-state index contributed by atoms with van der Waals surface area (Å²) in [5, 5.41) is 2.90. The number of hydrogen-bond donors (Lipinski definition) is 2. The number of nitrogens with one attached hydrogen (secondary N) is 1. The van der Waals surface area contributed by atoms with E-state index in [-0.39, 0.29) is 18.3 Å². The third-order valence-corrected chi connectivity index (χ3v) is 3.37. The Hall–Kier alpha value is -1.06. The fourth-order valence-corrected chi connectivity index (χ4v) is 1.80. The van der Waals surface area contributed by atoms with Crippen LogP contribution in [0.15, 0.2) is 24.3 Å². The molecule has 1 fully saturated rings. The molecular formula is C14H21ClN2O. The number of aryl methyl sites for hydroxylation is 1. The Balaban J connectivity index is 0.00000162. The van der Waals surface area contributed by atoms with Crippen molar-refractivity contribution < 1.29 is 4.79 Å². The van der Waals surface area contributed by atoms with Crippen molar-refractivity contribution in [2.24, 2.45) is 5.73 Å². The summed E-state index contributed by atoms with van der Waals surface area (Å²) >= 11 is 0. The average molecular weight is 269 g/mol. The second kappa shape index (κ2) is 6.21. The van der Waals surface area contributed by atoms with Gasteiger partial charge in [0.05, 0.1) is 5.54 Å². The van der Waals surface area contributed by atoms with Crippen molar-refractivity contribution in [3.05, 3.63) is 35.4 Å². The van der Waals surface area contributed by atoms with Crippen LogP contribution in [0.1, 0.15) is 30.9 Å². The second-order valence-corrected chi connectivity index (χ2v) is 4.83. The summed E-state index contributed by atoms with van der Waals surface area (Å²) in [4.78, 5) is 11.6. The zero-order chi connectivity index (χ0) is 12.3. The van der Waals surface area contributed by atoms with Crippen LogP contribution in [0.5, 0.6) is 0 Å². The highest BCUT2D eigenvalue weighted by atomic mass is 35.5. The zero-order valence-electron chi connectivity index (χ0n) is 10.7. The minimum absolute atomic E-state index is 0. The van der Waals surface area contributed by atoms with Gasteiger partial charge in [-0.15, -0.1) is 12.4 Å². The van der Waals surface area contributed by atoms with Crippen molar-refractivity contribution in [3.8, 4) is 0 Å². The molecule has 1 aliphatic carbocycles. The first kappa shape index (κ1) is 15.0. The van der Waals surface area contributed by atoms with Gasteiger partial charge in [-0.05, 0) is 36.8 Å². The SMILES string of the molecule is CCc1ccc(CCNC(=O)C2(N)CC2)cc1.Cl. The summed E-state index contributed by atoms with van der Waals surface area (Å²) in [6.07, 6.45) is 3.58. The lowest BCUT2D eigenvalue weighted by Gasteiger charge is -2.10. The van der Waals surface area contributed by atoms with Gasteiger partial charge in [-0.2, -0.15) is 0 Å². The third kappa shape index (κ3) is 3.72. The maximum atomic E-state index is 11.6. The van der Waals surface area contributed by atoms with Crippen molar-refractivity contribution in [1.29, 1.82) is 0 Å². The van der Waals surface area contributed by atoms with Gasteiger partial charge in [0.1, 0.15) is 0 Å². The van der Waals surface area contributed by atoms with E-state index in [2.05, 4.69) is 36.5 Å². The molecule has 1 amide bonds. The molecule has 100 valence electrons. The van der Waals surface area contributed by atoms with E-state index in [4.69, 9.17) is 5.73 Å². The Kier molecular flexibility index (Phi) is 5.17. The minimum atomic E-state index is -0.550. The lowest BCUT2D eigenvalue weighted by molar-refractivity contribution is -0.123. The van der Waals surface area contributed by atoms with Gasteiger partial charge >= 0.3 is 0 Å². The van der Waals surface area contributed by atoms with Gasteiger partial charge in [-0.3, -0.25) is 4.79 Å². The molecule has 1 aromatic rings. The second-order valence-electron chi connectivity index (χ2n) is 4.83. The highest BCUT2D eigenvalue weighted by Gasteiger charge is 2.45. The molecule has 3 N–H and O–H groups in total. The van der Waals surface area contributed by atoms with Crippen LogP contribution < -0.4 is 11.1 Å². The first-order valence-electron chi connectivity index (χ1n) is 6.29. The van der Waals surface area contributed by atoms with Crippen molar-refractivity contribution in [3.63, 3.8) is 0 Å². The Bertz CT molecular complexity index is 399. The number of benzene rings is 1. The molecule has 0 aromatic heterocycles. The topological polar surface area (TPSA) is 55.1 Å². The summed E-state index contributed by atoms with van der Waals surface area (Å²) in [6.45, 7) is 2.81. The van der Waals surface area contributed by atoms with E-state index in [1.807, 2.05) is 0 Å². The van der Waals surface area contributed by atoms with Gasteiger partial charge in [0.2, 0.25) is 5.91 Å².